The van der Waals surface area contributed by atoms with Crippen molar-refractivity contribution in [1.82, 2.24) is 10.2 Å². The van der Waals surface area contributed by atoms with Gasteiger partial charge in [-0.2, -0.15) is 0 Å². The van der Waals surface area contributed by atoms with Gasteiger partial charge in [0.05, 0.1) is 15.7 Å². The van der Waals surface area contributed by atoms with E-state index in [1.54, 1.807) is 13.8 Å². The lowest BCUT2D eigenvalue weighted by atomic mass is 10.2. The Morgan fingerprint density at radius 2 is 2.04 bits per heavy atom. The van der Waals surface area contributed by atoms with Gasteiger partial charge in [-0.15, -0.1) is 10.2 Å². The van der Waals surface area contributed by atoms with E-state index in [0.29, 0.717) is 17.1 Å². The number of nitro groups is 1. The highest BCUT2D eigenvalue weighted by atomic mass is 79.9. The monoisotopic (exact) mass is 462 g/mol. The van der Waals surface area contributed by atoms with Gasteiger partial charge in [0.15, 0.2) is 0 Å². The molecule has 0 radical (unpaired) electrons. The van der Waals surface area contributed by atoms with E-state index in [4.69, 9.17) is 4.42 Å². The van der Waals surface area contributed by atoms with E-state index >= 15 is 0 Å². The van der Waals surface area contributed by atoms with Crippen molar-refractivity contribution in [2.24, 2.45) is 0 Å². The normalized spacial score (nSPS) is 11.8. The first kappa shape index (κ1) is 20.0. The van der Waals surface area contributed by atoms with Crippen LogP contribution < -0.4 is 5.32 Å². The number of carbonyl (C=O) groups is 1. The van der Waals surface area contributed by atoms with Gasteiger partial charge in [0.25, 0.3) is 10.9 Å². The number of aromatic nitrogens is 2. The van der Waals surface area contributed by atoms with Crippen molar-refractivity contribution in [3.63, 3.8) is 0 Å². The lowest BCUT2D eigenvalue weighted by molar-refractivity contribution is -0.384. The molecule has 1 atom stereocenters. The fraction of sp³-hybridized carbons (Fsp3) is 0.167. The van der Waals surface area contributed by atoms with Crippen LogP contribution in [0.1, 0.15) is 12.5 Å². The minimum atomic E-state index is -0.512. The summed E-state index contributed by atoms with van der Waals surface area (Å²) >= 11 is 4.56. The lowest BCUT2D eigenvalue weighted by Crippen LogP contribution is -2.22. The van der Waals surface area contributed by atoms with Gasteiger partial charge in [-0.1, -0.05) is 23.9 Å². The van der Waals surface area contributed by atoms with Gasteiger partial charge in [-0.05, 0) is 53.5 Å². The Bertz CT molecular complexity index is 1040. The minimum Gasteiger partial charge on any atom is -0.411 e. The van der Waals surface area contributed by atoms with Crippen LogP contribution in [0, 0.1) is 17.0 Å². The largest absolute Gasteiger partial charge is 0.411 e. The summed E-state index contributed by atoms with van der Waals surface area (Å²) in [5.74, 6) is 0.0800. The molecule has 10 heteroatoms. The van der Waals surface area contributed by atoms with Crippen molar-refractivity contribution in [2.75, 3.05) is 5.32 Å². The first-order valence-corrected chi connectivity index (χ1v) is 9.83. The molecule has 1 N–H and O–H groups in total. The maximum atomic E-state index is 12.5. The summed E-state index contributed by atoms with van der Waals surface area (Å²) in [4.78, 5) is 22.8. The number of hydrogen-bond donors (Lipinski definition) is 1. The third-order valence-corrected chi connectivity index (χ3v) is 5.46. The van der Waals surface area contributed by atoms with E-state index in [9.17, 15) is 14.9 Å². The number of carbonyl (C=O) groups excluding carboxylic acids is 1. The zero-order valence-corrected chi connectivity index (χ0v) is 17.3. The molecule has 1 heterocycles. The zero-order chi connectivity index (χ0) is 20.3. The summed E-state index contributed by atoms with van der Waals surface area (Å²) in [5.41, 5.74) is 1.86. The van der Waals surface area contributed by atoms with Gasteiger partial charge in [0.1, 0.15) is 0 Å². The summed E-state index contributed by atoms with van der Waals surface area (Å²) in [6.07, 6.45) is 0. The standard InChI is InChI=1S/C18H15BrN4O4S/c1-10-9-12(23(25)26)7-8-15(10)20-16(24)11(2)28-18-22-21-17(27-18)13-5-3-4-6-14(13)19/h3-9,11H,1-2H3,(H,20,24). The quantitative estimate of drug-likeness (QED) is 0.317. The van der Waals surface area contributed by atoms with Crippen molar-refractivity contribution in [1.29, 1.82) is 0 Å². The number of thioether (sulfide) groups is 1. The number of nitrogens with zero attached hydrogens (tertiary/aromatic N) is 3. The number of benzene rings is 2. The molecule has 1 unspecified atom stereocenters. The van der Waals surface area contributed by atoms with Crippen molar-refractivity contribution in [3.05, 3.63) is 62.6 Å². The van der Waals surface area contributed by atoms with Crippen molar-refractivity contribution >= 4 is 45.0 Å². The van der Waals surface area contributed by atoms with Gasteiger partial charge in [-0.25, -0.2) is 0 Å². The second kappa shape index (κ2) is 8.53. The van der Waals surface area contributed by atoms with Crippen LogP contribution in [-0.2, 0) is 4.79 Å². The summed E-state index contributed by atoms with van der Waals surface area (Å²) in [6.45, 7) is 3.41. The highest BCUT2D eigenvalue weighted by molar-refractivity contribution is 9.10. The Kier molecular flexibility index (Phi) is 6.10. The van der Waals surface area contributed by atoms with Crippen molar-refractivity contribution in [3.8, 4) is 11.5 Å². The molecule has 0 aliphatic rings. The maximum Gasteiger partial charge on any atom is 0.277 e. The third kappa shape index (κ3) is 4.57. The predicted molar refractivity (Wildman–Crippen MR) is 109 cm³/mol. The number of anilines is 1. The van der Waals surface area contributed by atoms with E-state index < -0.39 is 10.2 Å². The van der Waals surface area contributed by atoms with E-state index in [0.717, 1.165) is 21.8 Å². The molecule has 3 rings (SSSR count). The smallest absolute Gasteiger partial charge is 0.277 e. The number of halogens is 1. The van der Waals surface area contributed by atoms with Crippen LogP contribution in [0.4, 0.5) is 11.4 Å². The fourth-order valence-corrected chi connectivity index (χ4v) is 3.48. The summed E-state index contributed by atoms with van der Waals surface area (Å²) in [5, 5.41) is 21.3. The predicted octanol–water partition coefficient (Wildman–Crippen LogP) is 4.84. The van der Waals surface area contributed by atoms with Crippen LogP contribution >= 0.6 is 27.7 Å². The molecule has 0 spiro atoms. The maximum absolute atomic E-state index is 12.5. The first-order valence-electron chi connectivity index (χ1n) is 8.16. The molecule has 0 saturated carbocycles. The number of nitrogens with one attached hydrogen (secondary N) is 1. The third-order valence-electron chi connectivity index (χ3n) is 3.84. The van der Waals surface area contributed by atoms with Gasteiger partial charge in [0, 0.05) is 22.3 Å². The number of nitro benzene ring substituents is 1. The highest BCUT2D eigenvalue weighted by Gasteiger charge is 2.20. The Labute approximate surface area is 173 Å². The van der Waals surface area contributed by atoms with Gasteiger partial charge >= 0.3 is 0 Å². The molecule has 1 amide bonds. The number of hydrogen-bond acceptors (Lipinski definition) is 7. The molecule has 1 aromatic heterocycles. The molecule has 0 saturated heterocycles. The number of amides is 1. The van der Waals surface area contributed by atoms with Crippen LogP contribution in [0.15, 0.2) is 56.6 Å². The second-order valence-corrected chi connectivity index (χ2v) is 8.01. The Morgan fingerprint density at radius 1 is 1.29 bits per heavy atom. The van der Waals surface area contributed by atoms with Crippen LogP contribution in [0.2, 0.25) is 0 Å². The van der Waals surface area contributed by atoms with Crippen LogP contribution in [0.5, 0.6) is 0 Å². The number of aryl methyl sites for hydroxylation is 1. The molecule has 0 aliphatic carbocycles. The first-order chi connectivity index (χ1) is 13.3. The van der Waals surface area contributed by atoms with Crippen LogP contribution in [0.3, 0.4) is 0 Å². The van der Waals surface area contributed by atoms with Gasteiger partial charge in [-0.3, -0.25) is 14.9 Å². The SMILES string of the molecule is Cc1cc([N+](=O)[O-])ccc1NC(=O)C(C)Sc1nnc(-c2ccccc2Br)o1. The average Bonchev–Trinajstić information content (AvgIpc) is 3.11. The van der Waals surface area contributed by atoms with Gasteiger partial charge < -0.3 is 9.73 Å². The van der Waals surface area contributed by atoms with Crippen molar-refractivity contribution < 1.29 is 14.1 Å². The molecule has 0 fully saturated rings. The molecule has 3 aromatic rings. The minimum absolute atomic E-state index is 0.0246. The summed E-state index contributed by atoms with van der Waals surface area (Å²) in [6, 6.07) is 11.7. The Hall–Kier alpha value is -2.72. The highest BCUT2D eigenvalue weighted by Crippen LogP contribution is 2.31. The summed E-state index contributed by atoms with van der Waals surface area (Å²) in [7, 11) is 0. The molecule has 28 heavy (non-hydrogen) atoms. The number of non-ortho nitro benzene ring substituents is 1. The average molecular weight is 463 g/mol. The Morgan fingerprint density at radius 3 is 2.71 bits per heavy atom. The Balaban J connectivity index is 1.67. The second-order valence-electron chi connectivity index (χ2n) is 5.86. The van der Waals surface area contributed by atoms with E-state index in [2.05, 4.69) is 31.4 Å². The summed E-state index contributed by atoms with van der Waals surface area (Å²) < 4.78 is 6.47. The van der Waals surface area contributed by atoms with E-state index in [-0.39, 0.29) is 16.8 Å². The van der Waals surface area contributed by atoms with Crippen molar-refractivity contribution in [2.45, 2.75) is 24.3 Å². The topological polar surface area (TPSA) is 111 Å². The molecular formula is C18H15BrN4O4S. The molecule has 0 bridgehead atoms. The molecule has 2 aromatic carbocycles. The van der Waals surface area contributed by atoms with Crippen LogP contribution in [0.25, 0.3) is 11.5 Å². The molecule has 144 valence electrons. The number of rotatable bonds is 6. The zero-order valence-electron chi connectivity index (χ0n) is 14.9. The van der Waals surface area contributed by atoms with Gasteiger partial charge in [0.2, 0.25) is 11.8 Å². The van der Waals surface area contributed by atoms with Crippen LogP contribution in [-0.4, -0.2) is 26.3 Å². The fourth-order valence-electron chi connectivity index (χ4n) is 2.34. The molecule has 8 nitrogen and oxygen atoms in total. The lowest BCUT2D eigenvalue weighted by Gasteiger charge is -2.11. The molecule has 0 aliphatic heterocycles. The molecular weight excluding hydrogens is 448 g/mol. The van der Waals surface area contributed by atoms with E-state index in [1.807, 2.05) is 24.3 Å². The van der Waals surface area contributed by atoms with E-state index in [1.165, 1.54) is 18.2 Å².